The Bertz CT molecular complexity index is 268. The van der Waals surface area contributed by atoms with E-state index in [9.17, 15) is 0 Å². The van der Waals surface area contributed by atoms with Crippen molar-refractivity contribution < 1.29 is 14.6 Å². The lowest BCUT2D eigenvalue weighted by atomic mass is 10.0. The Kier molecular flexibility index (Phi) is 6.20. The second-order valence-corrected chi connectivity index (χ2v) is 2.94. The average molecular weight is 196 g/mol. The summed E-state index contributed by atoms with van der Waals surface area (Å²) in [5, 5.41) is 7.42. The molecule has 3 heteroatoms. The number of carbonyl (C=O) groups is 1. The molecule has 0 saturated heterocycles. The fourth-order valence-corrected chi connectivity index (χ4v) is 1.01. The predicted molar refractivity (Wildman–Crippen MR) is 55.9 cm³/mol. The molecule has 0 saturated carbocycles. The Morgan fingerprint density at radius 2 is 2.21 bits per heavy atom. The first kappa shape index (κ1) is 12.5. The fraction of sp³-hybridized carbons (Fsp3) is 0.364. The summed E-state index contributed by atoms with van der Waals surface area (Å²) in [5.74, 6) is -0.833. The zero-order chi connectivity index (χ0) is 11.0. The van der Waals surface area contributed by atoms with Crippen molar-refractivity contribution in [1.29, 1.82) is 0 Å². The molecule has 0 amide bonds. The molecule has 1 rings (SSSR count). The van der Waals surface area contributed by atoms with Crippen LogP contribution >= 0.6 is 0 Å². The van der Waals surface area contributed by atoms with Gasteiger partial charge in [0.05, 0.1) is 13.4 Å². The summed E-state index contributed by atoms with van der Waals surface area (Å²) in [6.07, 6.45) is 9.16. The third kappa shape index (κ3) is 7.16. The maximum Gasteiger partial charge on any atom is 0.300 e. The Labute approximate surface area is 84.4 Å². The van der Waals surface area contributed by atoms with Crippen molar-refractivity contribution in [2.24, 2.45) is 0 Å². The van der Waals surface area contributed by atoms with Crippen LogP contribution in [0.1, 0.15) is 20.3 Å². The SMILES string of the molecule is CC(=O)O.COC=C1C=C(C)C=CC1. The van der Waals surface area contributed by atoms with Gasteiger partial charge in [-0.15, -0.1) is 0 Å². The van der Waals surface area contributed by atoms with Gasteiger partial charge in [-0.2, -0.15) is 0 Å². The van der Waals surface area contributed by atoms with Crippen LogP contribution in [0.3, 0.4) is 0 Å². The maximum atomic E-state index is 9.00. The van der Waals surface area contributed by atoms with E-state index in [1.54, 1.807) is 13.4 Å². The van der Waals surface area contributed by atoms with Crippen molar-refractivity contribution in [3.8, 4) is 0 Å². The molecule has 0 aromatic heterocycles. The highest BCUT2D eigenvalue weighted by atomic mass is 16.5. The molecule has 1 N–H and O–H groups in total. The quantitative estimate of drug-likeness (QED) is 0.655. The Morgan fingerprint density at radius 1 is 1.64 bits per heavy atom. The molecule has 0 aromatic carbocycles. The van der Waals surface area contributed by atoms with Gasteiger partial charge >= 0.3 is 0 Å². The van der Waals surface area contributed by atoms with E-state index in [1.807, 2.05) is 0 Å². The molecule has 0 atom stereocenters. The number of carboxylic acids is 1. The third-order valence-corrected chi connectivity index (χ3v) is 1.42. The maximum absolute atomic E-state index is 9.00. The highest BCUT2D eigenvalue weighted by Gasteiger charge is 1.96. The van der Waals surface area contributed by atoms with Gasteiger partial charge in [0, 0.05) is 6.92 Å². The first-order chi connectivity index (χ1) is 6.56. The Hall–Kier alpha value is -1.51. The number of hydrogen-bond acceptors (Lipinski definition) is 2. The largest absolute Gasteiger partial charge is 0.504 e. The van der Waals surface area contributed by atoms with Crippen LogP contribution in [0.15, 0.2) is 35.6 Å². The van der Waals surface area contributed by atoms with Crippen molar-refractivity contribution in [3.05, 3.63) is 35.6 Å². The molecule has 78 valence electrons. The lowest BCUT2D eigenvalue weighted by Gasteiger charge is -2.04. The minimum Gasteiger partial charge on any atom is -0.504 e. The highest BCUT2D eigenvalue weighted by molar-refractivity contribution is 5.62. The summed E-state index contributed by atoms with van der Waals surface area (Å²) in [5.41, 5.74) is 2.53. The van der Waals surface area contributed by atoms with Gasteiger partial charge in [0.25, 0.3) is 5.97 Å². The summed E-state index contributed by atoms with van der Waals surface area (Å²) in [4.78, 5) is 9.00. The van der Waals surface area contributed by atoms with Crippen LogP contribution in [0.4, 0.5) is 0 Å². The van der Waals surface area contributed by atoms with Crippen LogP contribution in [0.2, 0.25) is 0 Å². The highest BCUT2D eigenvalue weighted by Crippen LogP contribution is 2.14. The monoisotopic (exact) mass is 196 g/mol. The van der Waals surface area contributed by atoms with E-state index in [2.05, 4.69) is 25.2 Å². The van der Waals surface area contributed by atoms with Crippen molar-refractivity contribution in [2.75, 3.05) is 7.11 Å². The number of aliphatic carboxylic acids is 1. The Balaban J connectivity index is 0.000000364. The van der Waals surface area contributed by atoms with E-state index >= 15 is 0 Å². The number of ether oxygens (including phenoxy) is 1. The number of methoxy groups -OCH3 is 1. The van der Waals surface area contributed by atoms with Gasteiger partial charge in [0.2, 0.25) is 0 Å². The molecule has 0 aromatic rings. The first-order valence-electron chi connectivity index (χ1n) is 4.32. The minimum atomic E-state index is -0.833. The molecular weight excluding hydrogens is 180 g/mol. The van der Waals surface area contributed by atoms with Gasteiger partial charge in [0.15, 0.2) is 0 Å². The topological polar surface area (TPSA) is 46.5 Å². The summed E-state index contributed by atoms with van der Waals surface area (Å²) in [6.45, 7) is 3.17. The van der Waals surface area contributed by atoms with Crippen molar-refractivity contribution in [2.45, 2.75) is 20.3 Å². The number of allylic oxidation sites excluding steroid dienone is 5. The number of hydrogen-bond donors (Lipinski definition) is 1. The van der Waals surface area contributed by atoms with E-state index in [-0.39, 0.29) is 0 Å². The van der Waals surface area contributed by atoms with E-state index < -0.39 is 5.97 Å². The molecule has 3 nitrogen and oxygen atoms in total. The van der Waals surface area contributed by atoms with Crippen LogP contribution in [0.25, 0.3) is 0 Å². The second kappa shape index (κ2) is 6.95. The first-order valence-corrected chi connectivity index (χ1v) is 4.32. The molecule has 14 heavy (non-hydrogen) atoms. The molecule has 0 fully saturated rings. The minimum absolute atomic E-state index is 0.833. The van der Waals surface area contributed by atoms with Crippen LogP contribution in [0.5, 0.6) is 0 Å². The van der Waals surface area contributed by atoms with Crippen molar-refractivity contribution in [1.82, 2.24) is 0 Å². The molecule has 0 spiro atoms. The third-order valence-electron chi connectivity index (χ3n) is 1.42. The smallest absolute Gasteiger partial charge is 0.300 e. The summed E-state index contributed by atoms with van der Waals surface area (Å²) in [6, 6.07) is 0. The predicted octanol–water partition coefficient (Wildman–Crippen LogP) is 2.51. The summed E-state index contributed by atoms with van der Waals surface area (Å²) >= 11 is 0. The van der Waals surface area contributed by atoms with E-state index in [4.69, 9.17) is 14.6 Å². The van der Waals surface area contributed by atoms with Crippen LogP contribution in [-0.4, -0.2) is 18.2 Å². The van der Waals surface area contributed by atoms with Gasteiger partial charge in [-0.25, -0.2) is 0 Å². The zero-order valence-corrected chi connectivity index (χ0v) is 8.78. The molecule has 1 aliphatic rings. The molecular formula is C11H16O3. The van der Waals surface area contributed by atoms with E-state index in [0.717, 1.165) is 13.3 Å². The zero-order valence-electron chi connectivity index (χ0n) is 8.78. The van der Waals surface area contributed by atoms with Crippen LogP contribution in [-0.2, 0) is 9.53 Å². The molecule has 0 radical (unpaired) electrons. The van der Waals surface area contributed by atoms with Crippen LogP contribution in [0, 0.1) is 0 Å². The normalized spacial score (nSPS) is 16.8. The van der Waals surface area contributed by atoms with Gasteiger partial charge in [-0.3, -0.25) is 4.79 Å². The molecule has 0 heterocycles. The number of carboxylic acid groups (broad SMARTS) is 1. The van der Waals surface area contributed by atoms with E-state index in [0.29, 0.717) is 0 Å². The van der Waals surface area contributed by atoms with Gasteiger partial charge in [-0.1, -0.05) is 23.8 Å². The van der Waals surface area contributed by atoms with Crippen LogP contribution < -0.4 is 0 Å². The summed E-state index contributed by atoms with van der Waals surface area (Å²) in [7, 11) is 1.68. The van der Waals surface area contributed by atoms with Gasteiger partial charge < -0.3 is 9.84 Å². The standard InChI is InChI=1S/C9H12O.C2H4O2/c1-8-4-3-5-9(6-8)7-10-2;1-2(3)4/h3-4,6-7H,5H2,1-2H3;1H3,(H,3,4). The van der Waals surface area contributed by atoms with Crippen molar-refractivity contribution >= 4 is 5.97 Å². The van der Waals surface area contributed by atoms with E-state index in [1.165, 1.54) is 11.1 Å². The van der Waals surface area contributed by atoms with Gasteiger partial charge in [0.1, 0.15) is 0 Å². The van der Waals surface area contributed by atoms with Crippen molar-refractivity contribution in [3.63, 3.8) is 0 Å². The second-order valence-electron chi connectivity index (χ2n) is 2.94. The van der Waals surface area contributed by atoms with Gasteiger partial charge in [-0.05, 0) is 18.9 Å². The molecule has 0 bridgehead atoms. The molecule has 0 unspecified atom stereocenters. The number of rotatable bonds is 1. The Morgan fingerprint density at radius 3 is 2.64 bits per heavy atom. The average Bonchev–Trinajstić information content (AvgIpc) is 2.03. The molecule has 1 aliphatic carbocycles. The lowest BCUT2D eigenvalue weighted by molar-refractivity contribution is -0.134. The fourth-order valence-electron chi connectivity index (χ4n) is 1.01. The summed E-state index contributed by atoms with van der Waals surface area (Å²) < 4.78 is 4.89. The molecule has 0 aliphatic heterocycles. The lowest BCUT2D eigenvalue weighted by Crippen LogP contribution is -1.85.